The number of nitrogens with one attached hydrogen (secondary N) is 2. The van der Waals surface area contributed by atoms with E-state index in [4.69, 9.17) is 11.1 Å². The van der Waals surface area contributed by atoms with E-state index < -0.39 is 0 Å². The lowest BCUT2D eigenvalue weighted by Gasteiger charge is -2.02. The van der Waals surface area contributed by atoms with E-state index >= 15 is 0 Å². The molecule has 0 spiro atoms. The molecule has 0 aliphatic rings. The average Bonchev–Trinajstić information content (AvgIpc) is 2.64. The Kier molecular flexibility index (Phi) is 6.74. The quantitative estimate of drug-likeness (QED) is 0.502. The molecule has 3 rings (SSSR count). The molecule has 0 saturated carbocycles. The highest BCUT2D eigenvalue weighted by atomic mass is 14.8. The van der Waals surface area contributed by atoms with Crippen LogP contribution in [-0.4, -0.2) is 12.9 Å². The summed E-state index contributed by atoms with van der Waals surface area (Å²) in [4.78, 5) is 0. The van der Waals surface area contributed by atoms with E-state index in [1.807, 2.05) is 67.7 Å². The molecular weight excluding hydrogens is 294 g/mol. The lowest BCUT2D eigenvalue weighted by molar-refractivity contribution is 0.818. The summed E-state index contributed by atoms with van der Waals surface area (Å²) < 4.78 is 0. The summed E-state index contributed by atoms with van der Waals surface area (Å²) in [5.74, 6) is 0.106. The Balaban J connectivity index is 0.000000198. The Bertz CT molecular complexity index is 735. The summed E-state index contributed by atoms with van der Waals surface area (Å²) in [6, 6.07) is 28.2. The van der Waals surface area contributed by atoms with Crippen LogP contribution in [0.5, 0.6) is 0 Å². The molecule has 0 fully saturated rings. The van der Waals surface area contributed by atoms with Gasteiger partial charge in [0.15, 0.2) is 0 Å². The van der Waals surface area contributed by atoms with Crippen molar-refractivity contribution in [1.82, 2.24) is 5.32 Å². The topological polar surface area (TPSA) is 61.9 Å². The van der Waals surface area contributed by atoms with E-state index in [1.165, 1.54) is 11.1 Å². The molecule has 0 aromatic heterocycles. The average molecular weight is 317 g/mol. The second-order valence-electron chi connectivity index (χ2n) is 5.37. The van der Waals surface area contributed by atoms with Crippen molar-refractivity contribution in [2.45, 2.75) is 6.54 Å². The van der Waals surface area contributed by atoms with E-state index in [0.717, 1.165) is 17.7 Å². The second kappa shape index (κ2) is 9.28. The summed E-state index contributed by atoms with van der Waals surface area (Å²) in [5.41, 5.74) is 9.79. The summed E-state index contributed by atoms with van der Waals surface area (Å²) in [7, 11) is 1.95. The highest BCUT2D eigenvalue weighted by Crippen LogP contribution is 2.18. The SMILES string of the molecule is CNCc1ccccc1.N=C(N)c1ccc(-c2ccccc2)cc1. The fourth-order valence-electron chi connectivity index (χ4n) is 2.27. The van der Waals surface area contributed by atoms with Crippen LogP contribution in [0.3, 0.4) is 0 Å². The van der Waals surface area contributed by atoms with E-state index in [-0.39, 0.29) is 5.84 Å². The standard InChI is InChI=1S/C13H12N2.C8H11N/c14-13(15)12-8-6-11(7-9-12)10-4-2-1-3-5-10;1-9-7-8-5-3-2-4-6-8/h1-9H,(H3,14,15);2-6,9H,7H2,1H3. The highest BCUT2D eigenvalue weighted by Gasteiger charge is 1.98. The van der Waals surface area contributed by atoms with Gasteiger partial charge in [-0.15, -0.1) is 0 Å². The van der Waals surface area contributed by atoms with Crippen molar-refractivity contribution in [2.75, 3.05) is 7.05 Å². The van der Waals surface area contributed by atoms with Crippen LogP contribution in [0.1, 0.15) is 11.1 Å². The molecule has 0 atom stereocenters. The van der Waals surface area contributed by atoms with E-state index in [9.17, 15) is 0 Å². The molecule has 0 radical (unpaired) electrons. The molecule has 3 nitrogen and oxygen atoms in total. The van der Waals surface area contributed by atoms with Crippen molar-refractivity contribution in [3.8, 4) is 11.1 Å². The number of rotatable bonds is 4. The normalized spacial score (nSPS) is 9.71. The van der Waals surface area contributed by atoms with Gasteiger partial charge >= 0.3 is 0 Å². The van der Waals surface area contributed by atoms with Gasteiger partial charge in [-0.2, -0.15) is 0 Å². The Hall–Kier alpha value is -2.91. The molecule has 24 heavy (non-hydrogen) atoms. The molecule has 3 aromatic rings. The van der Waals surface area contributed by atoms with Crippen molar-refractivity contribution in [2.24, 2.45) is 5.73 Å². The van der Waals surface area contributed by atoms with Gasteiger partial charge in [0.25, 0.3) is 0 Å². The van der Waals surface area contributed by atoms with Crippen LogP contribution in [0, 0.1) is 5.41 Å². The minimum Gasteiger partial charge on any atom is -0.384 e. The molecule has 4 N–H and O–H groups in total. The van der Waals surface area contributed by atoms with Crippen LogP contribution in [0.2, 0.25) is 0 Å². The zero-order valence-electron chi connectivity index (χ0n) is 13.9. The van der Waals surface area contributed by atoms with Crippen molar-refractivity contribution in [3.05, 3.63) is 96.1 Å². The van der Waals surface area contributed by atoms with Gasteiger partial charge < -0.3 is 11.1 Å². The van der Waals surface area contributed by atoms with Crippen molar-refractivity contribution in [3.63, 3.8) is 0 Å². The molecule has 3 heteroatoms. The molecule has 0 aliphatic carbocycles. The highest BCUT2D eigenvalue weighted by molar-refractivity contribution is 5.95. The molecular formula is C21H23N3. The van der Waals surface area contributed by atoms with Gasteiger partial charge in [-0.05, 0) is 23.7 Å². The third-order valence-electron chi connectivity index (χ3n) is 3.53. The van der Waals surface area contributed by atoms with E-state index in [2.05, 4.69) is 29.6 Å². The first-order valence-corrected chi connectivity index (χ1v) is 7.89. The lowest BCUT2D eigenvalue weighted by atomic mass is 10.0. The maximum Gasteiger partial charge on any atom is 0.122 e. The number of amidine groups is 1. The third-order valence-corrected chi connectivity index (χ3v) is 3.53. The minimum absolute atomic E-state index is 0.106. The maximum atomic E-state index is 7.29. The molecule has 0 heterocycles. The molecule has 0 amide bonds. The van der Waals surface area contributed by atoms with Gasteiger partial charge in [0, 0.05) is 12.1 Å². The molecule has 0 bridgehead atoms. The third kappa shape index (κ3) is 5.38. The summed E-state index contributed by atoms with van der Waals surface area (Å²) in [6.45, 7) is 0.959. The smallest absolute Gasteiger partial charge is 0.122 e. The molecule has 0 aliphatic heterocycles. The van der Waals surface area contributed by atoms with Gasteiger partial charge in [-0.25, -0.2) is 0 Å². The predicted molar refractivity (Wildman–Crippen MR) is 102 cm³/mol. The first-order chi connectivity index (χ1) is 11.7. The minimum atomic E-state index is 0.106. The van der Waals surface area contributed by atoms with Gasteiger partial charge in [0.1, 0.15) is 5.84 Å². The zero-order valence-corrected chi connectivity index (χ0v) is 13.9. The van der Waals surface area contributed by atoms with Crippen LogP contribution < -0.4 is 11.1 Å². The van der Waals surface area contributed by atoms with Gasteiger partial charge in [0.2, 0.25) is 0 Å². The maximum absolute atomic E-state index is 7.29. The van der Waals surface area contributed by atoms with Crippen molar-refractivity contribution < 1.29 is 0 Å². The molecule has 122 valence electrons. The number of hydrogen-bond donors (Lipinski definition) is 3. The number of hydrogen-bond acceptors (Lipinski definition) is 2. The van der Waals surface area contributed by atoms with Crippen LogP contribution in [0.15, 0.2) is 84.9 Å². The van der Waals surface area contributed by atoms with E-state index in [0.29, 0.717) is 0 Å². The lowest BCUT2D eigenvalue weighted by Crippen LogP contribution is -2.10. The van der Waals surface area contributed by atoms with Gasteiger partial charge in [-0.3, -0.25) is 5.41 Å². The summed E-state index contributed by atoms with van der Waals surface area (Å²) >= 11 is 0. The Morgan fingerprint density at radius 3 is 1.79 bits per heavy atom. The fraction of sp³-hybridized carbons (Fsp3) is 0.0952. The summed E-state index contributed by atoms with van der Waals surface area (Å²) in [5, 5.41) is 10.4. The van der Waals surface area contributed by atoms with Crippen LogP contribution in [0.4, 0.5) is 0 Å². The zero-order chi connectivity index (χ0) is 17.2. The van der Waals surface area contributed by atoms with Crippen molar-refractivity contribution >= 4 is 5.84 Å². The Morgan fingerprint density at radius 2 is 1.29 bits per heavy atom. The van der Waals surface area contributed by atoms with Crippen LogP contribution in [-0.2, 0) is 6.54 Å². The monoisotopic (exact) mass is 317 g/mol. The Labute approximate surface area is 143 Å². The Morgan fingerprint density at radius 1 is 0.792 bits per heavy atom. The fourth-order valence-corrected chi connectivity index (χ4v) is 2.27. The number of nitrogen functional groups attached to an aromatic ring is 1. The number of nitrogens with two attached hydrogens (primary N) is 1. The second-order valence-corrected chi connectivity index (χ2v) is 5.37. The first kappa shape index (κ1) is 17.4. The van der Waals surface area contributed by atoms with Crippen LogP contribution >= 0.6 is 0 Å². The van der Waals surface area contributed by atoms with Gasteiger partial charge in [-0.1, -0.05) is 84.9 Å². The van der Waals surface area contributed by atoms with Crippen molar-refractivity contribution in [1.29, 1.82) is 5.41 Å². The molecule has 3 aromatic carbocycles. The largest absolute Gasteiger partial charge is 0.384 e. The summed E-state index contributed by atoms with van der Waals surface area (Å²) in [6.07, 6.45) is 0. The van der Waals surface area contributed by atoms with Gasteiger partial charge in [0.05, 0.1) is 0 Å². The molecule has 0 unspecified atom stereocenters. The van der Waals surface area contributed by atoms with E-state index in [1.54, 1.807) is 0 Å². The first-order valence-electron chi connectivity index (χ1n) is 7.89. The van der Waals surface area contributed by atoms with Crippen LogP contribution in [0.25, 0.3) is 11.1 Å². The number of benzene rings is 3. The predicted octanol–water partition coefficient (Wildman–Crippen LogP) is 4.04. The molecule has 0 saturated heterocycles.